The van der Waals surface area contributed by atoms with Gasteiger partial charge in [-0.05, 0) is 51.9 Å². The van der Waals surface area contributed by atoms with Crippen LogP contribution in [-0.2, 0) is 17.7 Å². The first kappa shape index (κ1) is 23.2. The quantitative estimate of drug-likeness (QED) is 0.716. The molecule has 0 fully saturated rings. The number of hydrogen-bond acceptors (Lipinski definition) is 6. The number of alkyl carbamates (subject to hydrolysis) is 1. The predicted molar refractivity (Wildman–Crippen MR) is 122 cm³/mol. The summed E-state index contributed by atoms with van der Waals surface area (Å²) >= 11 is 1.49. The molecular formula is C22H33N5O3S. The molecule has 1 aliphatic rings. The molecule has 31 heavy (non-hydrogen) atoms. The Morgan fingerprint density at radius 2 is 2.16 bits per heavy atom. The average Bonchev–Trinajstić information content (AvgIpc) is 3.36. The number of amides is 2. The van der Waals surface area contributed by atoms with Crippen molar-refractivity contribution >= 4 is 28.5 Å². The minimum atomic E-state index is -0.524. The highest BCUT2D eigenvalue weighted by Crippen LogP contribution is 2.29. The van der Waals surface area contributed by atoms with E-state index < -0.39 is 11.7 Å². The third-order valence-corrected chi connectivity index (χ3v) is 6.50. The predicted octanol–water partition coefficient (Wildman–Crippen LogP) is 4.22. The van der Waals surface area contributed by atoms with Gasteiger partial charge in [0.25, 0.3) is 5.91 Å². The molecule has 0 saturated carbocycles. The van der Waals surface area contributed by atoms with Crippen molar-refractivity contribution in [2.24, 2.45) is 5.92 Å². The van der Waals surface area contributed by atoms with Gasteiger partial charge in [-0.1, -0.05) is 13.8 Å². The lowest BCUT2D eigenvalue weighted by Crippen LogP contribution is -2.37. The number of aryl methyl sites for hydroxylation is 1. The van der Waals surface area contributed by atoms with Crippen molar-refractivity contribution in [3.63, 3.8) is 0 Å². The largest absolute Gasteiger partial charge is 0.444 e. The van der Waals surface area contributed by atoms with Crippen LogP contribution in [0, 0.1) is 5.92 Å². The van der Waals surface area contributed by atoms with Crippen LogP contribution < -0.4 is 10.2 Å². The Kier molecular flexibility index (Phi) is 7.03. The zero-order chi connectivity index (χ0) is 22.8. The van der Waals surface area contributed by atoms with Crippen LogP contribution in [-0.4, -0.2) is 46.0 Å². The molecule has 170 valence electrons. The van der Waals surface area contributed by atoms with Crippen LogP contribution in [0.4, 0.5) is 9.93 Å². The van der Waals surface area contributed by atoms with E-state index in [4.69, 9.17) is 4.74 Å². The van der Waals surface area contributed by atoms with E-state index in [1.165, 1.54) is 11.3 Å². The van der Waals surface area contributed by atoms with E-state index in [0.29, 0.717) is 29.6 Å². The van der Waals surface area contributed by atoms with Crippen molar-refractivity contribution in [3.05, 3.63) is 28.5 Å². The molecule has 9 heteroatoms. The number of fused-ring (bicyclic) bond motifs is 1. The van der Waals surface area contributed by atoms with E-state index in [9.17, 15) is 9.59 Å². The minimum absolute atomic E-state index is 0.105. The van der Waals surface area contributed by atoms with Crippen LogP contribution in [0.25, 0.3) is 0 Å². The summed E-state index contributed by atoms with van der Waals surface area (Å²) in [4.78, 5) is 31.4. The minimum Gasteiger partial charge on any atom is -0.444 e. The monoisotopic (exact) mass is 447 g/mol. The van der Waals surface area contributed by atoms with Gasteiger partial charge in [-0.15, -0.1) is 11.3 Å². The van der Waals surface area contributed by atoms with Crippen LogP contribution in [0.5, 0.6) is 0 Å². The lowest BCUT2D eigenvalue weighted by molar-refractivity contribution is 0.0516. The Morgan fingerprint density at radius 3 is 2.84 bits per heavy atom. The van der Waals surface area contributed by atoms with Crippen molar-refractivity contribution in [3.8, 4) is 0 Å². The molecule has 0 spiro atoms. The molecule has 3 heterocycles. The second kappa shape index (κ2) is 9.38. The van der Waals surface area contributed by atoms with Crippen molar-refractivity contribution in [1.82, 2.24) is 20.1 Å². The van der Waals surface area contributed by atoms with Gasteiger partial charge in [-0.25, -0.2) is 9.78 Å². The maximum absolute atomic E-state index is 13.2. The van der Waals surface area contributed by atoms with Crippen LogP contribution in [0.3, 0.4) is 0 Å². The zero-order valence-electron chi connectivity index (χ0n) is 19.3. The first-order valence-corrected chi connectivity index (χ1v) is 11.7. The van der Waals surface area contributed by atoms with Crippen molar-refractivity contribution in [2.45, 2.75) is 71.9 Å². The first-order chi connectivity index (χ1) is 14.6. The van der Waals surface area contributed by atoms with Crippen LogP contribution in [0.1, 0.15) is 75.1 Å². The van der Waals surface area contributed by atoms with E-state index in [-0.39, 0.29) is 11.8 Å². The summed E-state index contributed by atoms with van der Waals surface area (Å²) in [5, 5.41) is 9.99. The maximum Gasteiger partial charge on any atom is 0.407 e. The summed E-state index contributed by atoms with van der Waals surface area (Å²) < 4.78 is 7.22. The zero-order valence-corrected chi connectivity index (χ0v) is 20.1. The molecule has 3 rings (SSSR count). The molecule has 0 aliphatic carbocycles. The lowest BCUT2D eigenvalue weighted by Gasteiger charge is -2.26. The van der Waals surface area contributed by atoms with Gasteiger partial charge in [-0.2, -0.15) is 5.10 Å². The molecule has 0 aromatic carbocycles. The smallest absolute Gasteiger partial charge is 0.407 e. The van der Waals surface area contributed by atoms with E-state index in [0.717, 1.165) is 30.8 Å². The maximum atomic E-state index is 13.2. The Hall–Kier alpha value is -2.42. The highest BCUT2D eigenvalue weighted by Gasteiger charge is 2.28. The number of carbonyl (C=O) groups is 2. The molecular weight excluding hydrogens is 414 g/mol. The van der Waals surface area contributed by atoms with E-state index in [2.05, 4.69) is 29.2 Å². The molecule has 1 aliphatic heterocycles. The molecule has 1 N–H and O–H groups in total. The number of hydrogen-bond donors (Lipinski definition) is 1. The number of ether oxygens (including phenoxy) is 1. The summed E-state index contributed by atoms with van der Waals surface area (Å²) in [6.07, 6.45) is 3.82. The Labute approximate surface area is 188 Å². The fourth-order valence-corrected chi connectivity index (χ4v) is 4.44. The summed E-state index contributed by atoms with van der Waals surface area (Å²) in [5.41, 5.74) is 2.01. The van der Waals surface area contributed by atoms with Crippen molar-refractivity contribution < 1.29 is 14.3 Å². The first-order valence-electron chi connectivity index (χ1n) is 10.8. The molecule has 2 unspecified atom stereocenters. The third-order valence-electron chi connectivity index (χ3n) is 5.56. The van der Waals surface area contributed by atoms with Gasteiger partial charge in [0.05, 0.1) is 23.1 Å². The Morgan fingerprint density at radius 1 is 1.42 bits per heavy atom. The number of aromatic nitrogens is 3. The van der Waals surface area contributed by atoms with Gasteiger partial charge in [0.1, 0.15) is 5.60 Å². The van der Waals surface area contributed by atoms with E-state index in [1.807, 2.05) is 30.8 Å². The molecule has 0 saturated heterocycles. The fourth-order valence-electron chi connectivity index (χ4n) is 3.53. The second-order valence-electron chi connectivity index (χ2n) is 9.20. The molecule has 2 aromatic heterocycles. The molecule has 2 amide bonds. The number of rotatable bonds is 6. The summed E-state index contributed by atoms with van der Waals surface area (Å²) in [5.74, 6) is 0.494. The average molecular weight is 448 g/mol. The van der Waals surface area contributed by atoms with Gasteiger partial charge in [0, 0.05) is 25.5 Å². The molecule has 2 atom stereocenters. The highest BCUT2D eigenvalue weighted by molar-refractivity contribution is 7.14. The van der Waals surface area contributed by atoms with Gasteiger partial charge >= 0.3 is 6.09 Å². The van der Waals surface area contributed by atoms with E-state index >= 15 is 0 Å². The highest BCUT2D eigenvalue weighted by atomic mass is 32.1. The standard InChI is InChI=1S/C22H33N5O3S/c1-7-14(2)17-13-31-20(25-17)26(6)19(28)16-12-24-27-9-8-15(10-18(16)27)11-23-21(29)30-22(3,4)5/h12-15H,7-11H2,1-6H3,(H,23,29). The van der Waals surface area contributed by atoms with E-state index in [1.54, 1.807) is 18.1 Å². The number of carbonyl (C=O) groups excluding carboxylic acids is 2. The summed E-state index contributed by atoms with van der Waals surface area (Å²) in [6.45, 7) is 11.0. The lowest BCUT2D eigenvalue weighted by atomic mass is 9.94. The van der Waals surface area contributed by atoms with Crippen LogP contribution in [0.2, 0.25) is 0 Å². The second-order valence-corrected chi connectivity index (χ2v) is 10.0. The number of nitrogens with one attached hydrogen (secondary N) is 1. The molecule has 0 bridgehead atoms. The van der Waals surface area contributed by atoms with Crippen molar-refractivity contribution in [1.29, 1.82) is 0 Å². The fraction of sp³-hybridized carbons (Fsp3) is 0.636. The SMILES string of the molecule is CCC(C)c1csc(N(C)C(=O)c2cnn3c2CC(CNC(=O)OC(C)(C)C)CC3)n1. The Balaban J connectivity index is 1.66. The Bertz CT molecular complexity index is 930. The number of nitrogens with zero attached hydrogens (tertiary/aromatic N) is 4. The van der Waals surface area contributed by atoms with Gasteiger partial charge in [0.2, 0.25) is 0 Å². The third kappa shape index (κ3) is 5.64. The normalized spacial score (nSPS) is 17.0. The van der Waals surface area contributed by atoms with Gasteiger partial charge < -0.3 is 10.1 Å². The van der Waals surface area contributed by atoms with Gasteiger partial charge in [-0.3, -0.25) is 14.4 Å². The summed E-state index contributed by atoms with van der Waals surface area (Å²) in [6, 6.07) is 0. The van der Waals surface area contributed by atoms with Crippen LogP contribution in [0.15, 0.2) is 11.6 Å². The van der Waals surface area contributed by atoms with Gasteiger partial charge in [0.15, 0.2) is 5.13 Å². The topological polar surface area (TPSA) is 89.4 Å². The molecule has 2 aromatic rings. The van der Waals surface area contributed by atoms with Crippen LogP contribution >= 0.6 is 11.3 Å². The molecule has 0 radical (unpaired) electrons. The van der Waals surface area contributed by atoms with Crippen molar-refractivity contribution in [2.75, 3.05) is 18.5 Å². The molecule has 8 nitrogen and oxygen atoms in total. The number of anilines is 1. The number of thiazole rings is 1. The summed E-state index contributed by atoms with van der Waals surface area (Å²) in [7, 11) is 1.76.